The lowest BCUT2D eigenvalue weighted by Gasteiger charge is -2.25. The SMILES string of the molecule is CCOc1ccc(/C(O)=C2/C(=O)C(=O)N(CCCn3ccnc3)C2c2ccc(OCC)cc2)cc1. The lowest BCUT2D eigenvalue weighted by atomic mass is 9.95. The molecule has 182 valence electrons. The molecule has 1 amide bonds. The van der Waals surface area contributed by atoms with E-state index >= 15 is 0 Å². The number of ketones is 1. The molecule has 8 heteroatoms. The second kappa shape index (κ2) is 10.9. The highest BCUT2D eigenvalue weighted by molar-refractivity contribution is 6.46. The van der Waals surface area contributed by atoms with E-state index in [0.717, 1.165) is 5.56 Å². The van der Waals surface area contributed by atoms with Gasteiger partial charge in [-0.3, -0.25) is 9.59 Å². The predicted molar refractivity (Wildman–Crippen MR) is 131 cm³/mol. The number of nitrogens with zero attached hydrogens (tertiary/aromatic N) is 3. The number of benzene rings is 2. The molecule has 1 fully saturated rings. The zero-order chi connectivity index (χ0) is 24.8. The third-order valence-electron chi connectivity index (χ3n) is 5.86. The van der Waals surface area contributed by atoms with Crippen molar-refractivity contribution in [1.82, 2.24) is 14.5 Å². The van der Waals surface area contributed by atoms with Gasteiger partial charge in [-0.1, -0.05) is 12.1 Å². The molecule has 0 radical (unpaired) electrons. The number of carbonyl (C=O) groups excluding carboxylic acids is 2. The zero-order valence-corrected chi connectivity index (χ0v) is 19.9. The Morgan fingerprint density at radius 3 is 2.14 bits per heavy atom. The fraction of sp³-hybridized carbons (Fsp3) is 0.296. The molecule has 35 heavy (non-hydrogen) atoms. The van der Waals surface area contributed by atoms with Crippen molar-refractivity contribution in [2.24, 2.45) is 0 Å². The van der Waals surface area contributed by atoms with E-state index in [0.29, 0.717) is 49.8 Å². The Hall–Kier alpha value is -4.07. The smallest absolute Gasteiger partial charge is 0.295 e. The second-order valence-electron chi connectivity index (χ2n) is 8.11. The van der Waals surface area contributed by atoms with Crippen molar-refractivity contribution in [3.05, 3.63) is 84.0 Å². The van der Waals surface area contributed by atoms with Gasteiger partial charge in [0.15, 0.2) is 0 Å². The number of aryl methyl sites for hydroxylation is 1. The van der Waals surface area contributed by atoms with Crippen LogP contribution in [0.1, 0.15) is 37.4 Å². The molecular weight excluding hydrogens is 446 g/mol. The summed E-state index contributed by atoms with van der Waals surface area (Å²) in [5.74, 6) is -0.172. The predicted octanol–water partition coefficient (Wildman–Crippen LogP) is 4.19. The Labute approximate surface area is 204 Å². The number of carbonyl (C=O) groups is 2. The number of aliphatic hydroxyl groups is 1. The molecule has 0 spiro atoms. The highest BCUT2D eigenvalue weighted by Crippen LogP contribution is 2.40. The van der Waals surface area contributed by atoms with Crippen molar-refractivity contribution < 1.29 is 24.2 Å². The molecule has 2 heterocycles. The number of hydrogen-bond donors (Lipinski definition) is 1. The number of rotatable bonds is 10. The van der Waals surface area contributed by atoms with E-state index in [1.165, 1.54) is 4.90 Å². The third kappa shape index (κ3) is 5.21. The molecule has 4 rings (SSSR count). The first-order chi connectivity index (χ1) is 17.0. The zero-order valence-electron chi connectivity index (χ0n) is 19.9. The summed E-state index contributed by atoms with van der Waals surface area (Å²) in [6.07, 6.45) is 5.89. The van der Waals surface area contributed by atoms with Crippen LogP contribution < -0.4 is 9.47 Å². The van der Waals surface area contributed by atoms with Crippen molar-refractivity contribution in [1.29, 1.82) is 0 Å². The van der Waals surface area contributed by atoms with Crippen LogP contribution in [0.25, 0.3) is 5.76 Å². The first kappa shape index (κ1) is 24.1. The summed E-state index contributed by atoms with van der Waals surface area (Å²) in [7, 11) is 0. The minimum absolute atomic E-state index is 0.0750. The lowest BCUT2D eigenvalue weighted by Crippen LogP contribution is -2.31. The van der Waals surface area contributed by atoms with Crippen LogP contribution in [0.4, 0.5) is 0 Å². The van der Waals surface area contributed by atoms with Gasteiger partial charge in [0.25, 0.3) is 11.7 Å². The molecule has 0 aliphatic carbocycles. The fourth-order valence-electron chi connectivity index (χ4n) is 4.24. The van der Waals surface area contributed by atoms with Gasteiger partial charge in [-0.05, 0) is 62.2 Å². The van der Waals surface area contributed by atoms with Gasteiger partial charge >= 0.3 is 0 Å². The third-order valence-corrected chi connectivity index (χ3v) is 5.86. The summed E-state index contributed by atoms with van der Waals surface area (Å²) in [6.45, 7) is 5.84. The van der Waals surface area contributed by atoms with E-state index in [2.05, 4.69) is 4.98 Å². The molecule has 1 atom stereocenters. The normalized spacial score (nSPS) is 17.1. The van der Waals surface area contributed by atoms with E-state index in [-0.39, 0.29) is 11.3 Å². The van der Waals surface area contributed by atoms with Crippen LogP contribution >= 0.6 is 0 Å². The fourth-order valence-corrected chi connectivity index (χ4v) is 4.24. The molecule has 1 N–H and O–H groups in total. The highest BCUT2D eigenvalue weighted by Gasteiger charge is 2.45. The van der Waals surface area contributed by atoms with Crippen LogP contribution in [0.5, 0.6) is 11.5 Å². The van der Waals surface area contributed by atoms with Gasteiger partial charge in [-0.25, -0.2) is 4.98 Å². The molecule has 2 aromatic carbocycles. The number of aliphatic hydroxyl groups excluding tert-OH is 1. The number of Topliss-reactive ketones (excluding diaryl/α,β-unsaturated/α-hetero) is 1. The lowest BCUT2D eigenvalue weighted by molar-refractivity contribution is -0.139. The molecule has 0 saturated carbocycles. The van der Waals surface area contributed by atoms with Crippen molar-refractivity contribution in [2.45, 2.75) is 32.9 Å². The van der Waals surface area contributed by atoms with E-state index in [1.54, 1.807) is 48.9 Å². The summed E-state index contributed by atoms with van der Waals surface area (Å²) >= 11 is 0. The van der Waals surface area contributed by atoms with Crippen molar-refractivity contribution in [3.63, 3.8) is 0 Å². The average Bonchev–Trinajstić information content (AvgIpc) is 3.47. The van der Waals surface area contributed by atoms with Crippen LogP contribution in [0, 0.1) is 0 Å². The number of amides is 1. The summed E-state index contributed by atoms with van der Waals surface area (Å²) in [4.78, 5) is 31.9. The molecule has 3 aromatic rings. The van der Waals surface area contributed by atoms with Gasteiger partial charge in [-0.2, -0.15) is 0 Å². The van der Waals surface area contributed by atoms with Gasteiger partial charge in [0.1, 0.15) is 17.3 Å². The summed E-state index contributed by atoms with van der Waals surface area (Å²) < 4.78 is 12.9. The summed E-state index contributed by atoms with van der Waals surface area (Å²) in [5, 5.41) is 11.2. The van der Waals surface area contributed by atoms with Gasteiger partial charge in [0, 0.05) is 31.0 Å². The Kier molecular flexibility index (Phi) is 7.50. The molecule has 1 saturated heterocycles. The average molecular weight is 476 g/mol. The Balaban J connectivity index is 1.70. The van der Waals surface area contributed by atoms with Crippen LogP contribution in [0.3, 0.4) is 0 Å². The first-order valence-corrected chi connectivity index (χ1v) is 11.7. The minimum atomic E-state index is -0.708. The number of ether oxygens (including phenoxy) is 2. The standard InChI is InChI=1S/C27H29N3O5/c1-3-34-21-10-6-19(7-11-21)24-23(25(31)20-8-12-22(13-9-20)35-4-2)26(32)27(33)30(24)16-5-15-29-17-14-28-18-29/h6-14,17-18,24,31H,3-5,15-16H2,1-2H3/b25-23-. The molecule has 1 unspecified atom stereocenters. The Morgan fingerprint density at radius 1 is 0.943 bits per heavy atom. The van der Waals surface area contributed by atoms with E-state index in [9.17, 15) is 14.7 Å². The second-order valence-corrected chi connectivity index (χ2v) is 8.11. The molecule has 1 aromatic heterocycles. The van der Waals surface area contributed by atoms with Crippen LogP contribution in [0.2, 0.25) is 0 Å². The van der Waals surface area contributed by atoms with Gasteiger partial charge in [-0.15, -0.1) is 0 Å². The first-order valence-electron chi connectivity index (χ1n) is 11.7. The number of hydrogen-bond acceptors (Lipinski definition) is 6. The quantitative estimate of drug-likeness (QED) is 0.268. The number of likely N-dealkylation sites (tertiary alicyclic amines) is 1. The van der Waals surface area contributed by atoms with Gasteiger partial charge in [0.05, 0.1) is 31.2 Å². The number of imidazole rings is 1. The van der Waals surface area contributed by atoms with Crippen LogP contribution in [0.15, 0.2) is 72.8 Å². The van der Waals surface area contributed by atoms with Crippen molar-refractivity contribution in [2.75, 3.05) is 19.8 Å². The summed E-state index contributed by atoms with van der Waals surface area (Å²) in [5.41, 5.74) is 1.24. The maximum atomic E-state index is 13.2. The Morgan fingerprint density at radius 2 is 1.57 bits per heavy atom. The monoisotopic (exact) mass is 475 g/mol. The van der Waals surface area contributed by atoms with Crippen molar-refractivity contribution >= 4 is 17.4 Å². The van der Waals surface area contributed by atoms with Crippen molar-refractivity contribution in [3.8, 4) is 11.5 Å². The van der Waals surface area contributed by atoms with E-state index in [1.807, 2.05) is 36.7 Å². The maximum absolute atomic E-state index is 13.2. The summed E-state index contributed by atoms with van der Waals surface area (Å²) in [6, 6.07) is 13.4. The van der Waals surface area contributed by atoms with Crippen LogP contribution in [-0.4, -0.2) is 51.0 Å². The highest BCUT2D eigenvalue weighted by atomic mass is 16.5. The maximum Gasteiger partial charge on any atom is 0.295 e. The molecule has 0 bridgehead atoms. The largest absolute Gasteiger partial charge is 0.507 e. The topological polar surface area (TPSA) is 93.9 Å². The Bertz CT molecular complexity index is 1180. The molecule has 1 aliphatic heterocycles. The minimum Gasteiger partial charge on any atom is -0.507 e. The van der Waals surface area contributed by atoms with Gasteiger partial charge in [0.2, 0.25) is 0 Å². The molecule has 8 nitrogen and oxygen atoms in total. The molecule has 1 aliphatic rings. The molecular formula is C27H29N3O5. The van der Waals surface area contributed by atoms with Crippen LogP contribution in [-0.2, 0) is 16.1 Å². The van der Waals surface area contributed by atoms with E-state index < -0.39 is 17.7 Å². The van der Waals surface area contributed by atoms with Gasteiger partial charge < -0.3 is 24.0 Å². The number of aromatic nitrogens is 2. The van der Waals surface area contributed by atoms with E-state index in [4.69, 9.17) is 9.47 Å².